The zero-order valence-electron chi connectivity index (χ0n) is 12.2. The summed E-state index contributed by atoms with van der Waals surface area (Å²) in [4.78, 5) is 35.1. The van der Waals surface area contributed by atoms with E-state index >= 15 is 0 Å². The number of benzene rings is 1. The van der Waals surface area contributed by atoms with E-state index in [1.165, 1.54) is 30.3 Å². The smallest absolute Gasteiger partial charge is 0.328 e. The lowest BCUT2D eigenvalue weighted by Gasteiger charge is -2.18. The first-order chi connectivity index (χ1) is 10.8. The highest BCUT2D eigenvalue weighted by Crippen LogP contribution is 2.54. The maximum absolute atomic E-state index is 12.1. The van der Waals surface area contributed by atoms with E-state index in [9.17, 15) is 24.2 Å². The number of hydrogen-bond donors (Lipinski definition) is 4. The van der Waals surface area contributed by atoms with Crippen LogP contribution in [0.15, 0.2) is 30.3 Å². The van der Waals surface area contributed by atoms with Gasteiger partial charge in [0.1, 0.15) is 0 Å². The summed E-state index contributed by atoms with van der Waals surface area (Å²) in [6, 6.07) is 5.90. The van der Waals surface area contributed by atoms with Crippen LogP contribution in [0.2, 0.25) is 0 Å². The first kappa shape index (κ1) is 19.1. The Morgan fingerprint density at radius 1 is 1.30 bits per heavy atom. The third-order valence-corrected chi connectivity index (χ3v) is 5.05. The van der Waals surface area contributed by atoms with Crippen molar-refractivity contribution in [2.45, 2.75) is 18.7 Å². The molecule has 0 amide bonds. The predicted octanol–water partition coefficient (Wildman–Crippen LogP) is 1.24. The highest BCUT2D eigenvalue weighted by Gasteiger charge is 2.30. The van der Waals surface area contributed by atoms with Crippen LogP contribution in [0.4, 0.5) is 0 Å². The fraction of sp³-hybridized carbons (Fsp3) is 0.286. The van der Waals surface area contributed by atoms with Gasteiger partial charge in [0.2, 0.25) is 7.37 Å². The Bertz CT molecular complexity index is 627. The van der Waals surface area contributed by atoms with E-state index in [1.807, 2.05) is 0 Å². The number of carbonyl (C=O) groups excluding carboxylic acids is 1. The molecule has 1 rings (SSSR count). The van der Waals surface area contributed by atoms with Crippen LogP contribution in [0.3, 0.4) is 0 Å². The number of aliphatic hydroxyl groups excluding tert-OH is 1. The van der Waals surface area contributed by atoms with E-state index in [0.29, 0.717) is 5.56 Å². The van der Waals surface area contributed by atoms with Crippen molar-refractivity contribution in [1.29, 1.82) is 0 Å². The second kappa shape index (κ2) is 8.59. The van der Waals surface area contributed by atoms with Crippen LogP contribution < -0.4 is 5.90 Å². The third-order valence-electron chi connectivity index (χ3n) is 3.03. The van der Waals surface area contributed by atoms with Crippen molar-refractivity contribution in [2.75, 3.05) is 6.16 Å². The first-order valence-corrected chi connectivity index (χ1v) is 8.58. The average Bonchev–Trinajstić information content (AvgIpc) is 2.52. The van der Waals surface area contributed by atoms with Crippen molar-refractivity contribution >= 4 is 25.4 Å². The number of nitrogens with two attached hydrogens (primary N) is 1. The van der Waals surface area contributed by atoms with Crippen LogP contribution in [0.1, 0.15) is 29.8 Å². The van der Waals surface area contributed by atoms with Gasteiger partial charge in [0.25, 0.3) is 0 Å². The lowest BCUT2D eigenvalue weighted by atomic mass is 10.1. The standard InChI is InChI=1S/C14H18NO7P/c15-22-13(18)2-1-9-23(20,21)14(19)11-6-3-10(4-7-11)5-8-12(16)17/h3-8,14,19H,1-2,9,15H2,(H,16,17)(H,20,21)/b8-5+/t14-/m0/s1. The minimum absolute atomic E-state index is 0.0559. The van der Waals surface area contributed by atoms with Crippen molar-refractivity contribution in [3.05, 3.63) is 41.5 Å². The Labute approximate surface area is 132 Å². The Kier molecular flexibility index (Phi) is 7.12. The minimum Gasteiger partial charge on any atom is -0.478 e. The van der Waals surface area contributed by atoms with Crippen molar-refractivity contribution in [2.24, 2.45) is 5.90 Å². The molecule has 126 valence electrons. The van der Waals surface area contributed by atoms with Gasteiger partial charge < -0.3 is 19.9 Å². The van der Waals surface area contributed by atoms with Gasteiger partial charge in [-0.15, -0.1) is 0 Å². The average molecular weight is 343 g/mol. The molecular formula is C14H18NO7P. The highest BCUT2D eigenvalue weighted by atomic mass is 31.2. The predicted molar refractivity (Wildman–Crippen MR) is 82.3 cm³/mol. The molecule has 1 aromatic rings. The molecule has 0 aliphatic rings. The van der Waals surface area contributed by atoms with Gasteiger partial charge in [-0.2, -0.15) is 5.90 Å². The Morgan fingerprint density at radius 2 is 1.91 bits per heavy atom. The highest BCUT2D eigenvalue weighted by molar-refractivity contribution is 7.58. The van der Waals surface area contributed by atoms with Crippen LogP contribution in [0, 0.1) is 0 Å². The topological polar surface area (TPSA) is 147 Å². The van der Waals surface area contributed by atoms with Crippen LogP contribution in [0.25, 0.3) is 6.08 Å². The van der Waals surface area contributed by atoms with Crippen LogP contribution in [-0.2, 0) is 19.0 Å². The molecule has 0 fully saturated rings. The lowest BCUT2D eigenvalue weighted by molar-refractivity contribution is -0.144. The van der Waals surface area contributed by atoms with Crippen molar-refractivity contribution in [3.8, 4) is 0 Å². The molecule has 0 aliphatic heterocycles. The molecule has 0 bridgehead atoms. The molecule has 0 aromatic heterocycles. The van der Waals surface area contributed by atoms with Gasteiger partial charge in [0.15, 0.2) is 5.85 Å². The second-order valence-corrected chi connectivity index (χ2v) is 7.23. The second-order valence-electron chi connectivity index (χ2n) is 4.78. The van der Waals surface area contributed by atoms with E-state index in [1.54, 1.807) is 0 Å². The summed E-state index contributed by atoms with van der Waals surface area (Å²) in [6.45, 7) is 0. The summed E-state index contributed by atoms with van der Waals surface area (Å²) in [7, 11) is -3.92. The summed E-state index contributed by atoms with van der Waals surface area (Å²) in [5.41, 5.74) is 0.798. The van der Waals surface area contributed by atoms with Gasteiger partial charge >= 0.3 is 11.9 Å². The first-order valence-electron chi connectivity index (χ1n) is 6.66. The molecule has 0 radical (unpaired) electrons. The molecule has 0 spiro atoms. The molecule has 8 nitrogen and oxygen atoms in total. The quantitative estimate of drug-likeness (QED) is 0.313. The molecule has 0 heterocycles. The van der Waals surface area contributed by atoms with Crippen LogP contribution >= 0.6 is 7.37 Å². The fourth-order valence-electron chi connectivity index (χ4n) is 1.81. The number of carboxylic acids is 1. The molecular weight excluding hydrogens is 325 g/mol. The normalized spacial score (nSPS) is 15.1. The molecule has 1 unspecified atom stereocenters. The fourth-order valence-corrected chi connectivity index (χ4v) is 3.30. The van der Waals surface area contributed by atoms with Crippen molar-refractivity contribution in [1.82, 2.24) is 0 Å². The molecule has 2 atom stereocenters. The van der Waals surface area contributed by atoms with Gasteiger partial charge in [-0.05, 0) is 23.6 Å². The van der Waals surface area contributed by atoms with Crippen LogP contribution in [0.5, 0.6) is 0 Å². The van der Waals surface area contributed by atoms with Gasteiger partial charge in [-0.1, -0.05) is 24.3 Å². The number of carbonyl (C=O) groups is 2. The lowest BCUT2D eigenvalue weighted by Crippen LogP contribution is -2.10. The van der Waals surface area contributed by atoms with Crippen molar-refractivity contribution < 1.29 is 34.1 Å². The summed E-state index contributed by atoms with van der Waals surface area (Å²) in [6.07, 6.45) is 1.99. The molecule has 0 saturated heterocycles. The summed E-state index contributed by atoms with van der Waals surface area (Å²) >= 11 is 0. The van der Waals surface area contributed by atoms with Crippen LogP contribution in [-0.4, -0.2) is 33.2 Å². The van der Waals surface area contributed by atoms with Crippen molar-refractivity contribution in [3.63, 3.8) is 0 Å². The van der Waals surface area contributed by atoms with E-state index in [4.69, 9.17) is 5.11 Å². The van der Waals surface area contributed by atoms with Gasteiger partial charge in [-0.25, -0.2) is 4.79 Å². The summed E-state index contributed by atoms with van der Waals surface area (Å²) in [5.74, 6) is 1.28. The van der Waals surface area contributed by atoms with Gasteiger partial charge in [0, 0.05) is 18.7 Å². The third kappa shape index (κ3) is 6.33. The maximum Gasteiger partial charge on any atom is 0.328 e. The van der Waals surface area contributed by atoms with E-state index in [0.717, 1.165) is 6.08 Å². The van der Waals surface area contributed by atoms with Gasteiger partial charge in [-0.3, -0.25) is 9.36 Å². The number of hydrogen-bond acceptors (Lipinski definition) is 6. The Balaban J connectivity index is 2.71. The minimum atomic E-state index is -3.92. The largest absolute Gasteiger partial charge is 0.478 e. The number of carboxylic acid groups (broad SMARTS) is 1. The van der Waals surface area contributed by atoms with E-state index in [-0.39, 0.29) is 24.6 Å². The molecule has 0 aliphatic carbocycles. The summed E-state index contributed by atoms with van der Waals surface area (Å²) < 4.78 is 12.1. The molecule has 0 saturated carbocycles. The number of aliphatic carboxylic acids is 1. The monoisotopic (exact) mass is 343 g/mol. The zero-order chi connectivity index (χ0) is 17.5. The number of rotatable bonds is 8. The zero-order valence-corrected chi connectivity index (χ0v) is 13.1. The maximum atomic E-state index is 12.1. The SMILES string of the molecule is NOC(=O)CCCP(=O)(O)[C@H](O)c1ccc(/C=C/C(=O)O)cc1. The molecule has 9 heteroatoms. The van der Waals surface area contributed by atoms with E-state index in [2.05, 4.69) is 10.7 Å². The van der Waals surface area contributed by atoms with E-state index < -0.39 is 25.2 Å². The molecule has 5 N–H and O–H groups in total. The van der Waals surface area contributed by atoms with Gasteiger partial charge in [0.05, 0.1) is 0 Å². The molecule has 23 heavy (non-hydrogen) atoms. The Morgan fingerprint density at radius 3 is 2.43 bits per heavy atom. The Hall–Kier alpha value is -1.99. The number of aliphatic hydroxyl groups is 1. The summed E-state index contributed by atoms with van der Waals surface area (Å²) in [5, 5.41) is 18.5. The molecule has 1 aromatic carbocycles.